The Kier molecular flexibility index (Phi) is 3.60. The quantitative estimate of drug-likeness (QED) is 0.718. The zero-order valence-electron chi connectivity index (χ0n) is 11.7. The third-order valence-electron chi connectivity index (χ3n) is 3.48. The van der Waals surface area contributed by atoms with E-state index in [1.54, 1.807) is 6.07 Å². The summed E-state index contributed by atoms with van der Waals surface area (Å²) >= 11 is 0. The summed E-state index contributed by atoms with van der Waals surface area (Å²) in [6, 6.07) is 15.5. The highest BCUT2D eigenvalue weighted by Gasteiger charge is 2.11. The number of carbonyl (C=O) groups is 1. The molecule has 0 aliphatic heterocycles. The maximum Gasteiger partial charge on any atom is 0.339 e. The predicted molar refractivity (Wildman–Crippen MR) is 83.4 cm³/mol. The van der Waals surface area contributed by atoms with Crippen molar-refractivity contribution in [3.63, 3.8) is 0 Å². The van der Waals surface area contributed by atoms with Crippen molar-refractivity contribution in [2.75, 3.05) is 12.4 Å². The van der Waals surface area contributed by atoms with Crippen LogP contribution in [0.5, 0.6) is 0 Å². The first kappa shape index (κ1) is 13.2. The summed E-state index contributed by atoms with van der Waals surface area (Å²) in [5.74, 6) is -0.337. The highest BCUT2D eigenvalue weighted by atomic mass is 16.5. The molecule has 0 atom stereocenters. The molecule has 0 fully saturated rings. The van der Waals surface area contributed by atoms with Crippen LogP contribution in [-0.4, -0.2) is 18.1 Å². The van der Waals surface area contributed by atoms with Crippen molar-refractivity contribution in [2.24, 2.45) is 0 Å². The second kappa shape index (κ2) is 5.71. The molecule has 0 bridgehead atoms. The number of benzene rings is 2. The van der Waals surface area contributed by atoms with Crippen molar-refractivity contribution in [3.8, 4) is 0 Å². The van der Waals surface area contributed by atoms with Crippen LogP contribution >= 0.6 is 0 Å². The molecule has 2 aromatic carbocycles. The maximum absolute atomic E-state index is 11.7. The van der Waals surface area contributed by atoms with Crippen LogP contribution in [0.25, 0.3) is 10.9 Å². The predicted octanol–water partition coefficient (Wildman–Crippen LogP) is 3.57. The number of para-hydroxylation sites is 2. The summed E-state index contributed by atoms with van der Waals surface area (Å²) in [4.78, 5) is 15.0. The standard InChI is InChI=1S/C17H16N2O2/c1-21-17(20)14-7-2-3-8-15(14)19-11-13-6-4-5-12-9-10-18-16(12)13/h2-10,18-19H,11H2,1H3. The first-order valence-electron chi connectivity index (χ1n) is 6.76. The Morgan fingerprint density at radius 1 is 1.14 bits per heavy atom. The molecule has 0 aliphatic rings. The molecule has 0 spiro atoms. The Morgan fingerprint density at radius 2 is 2.00 bits per heavy atom. The van der Waals surface area contributed by atoms with Gasteiger partial charge in [-0.25, -0.2) is 4.79 Å². The van der Waals surface area contributed by atoms with E-state index in [-0.39, 0.29) is 5.97 Å². The van der Waals surface area contributed by atoms with Crippen molar-refractivity contribution in [2.45, 2.75) is 6.54 Å². The fourth-order valence-electron chi connectivity index (χ4n) is 2.41. The van der Waals surface area contributed by atoms with Crippen molar-refractivity contribution in [3.05, 3.63) is 65.9 Å². The van der Waals surface area contributed by atoms with E-state index in [9.17, 15) is 4.79 Å². The van der Waals surface area contributed by atoms with Crippen molar-refractivity contribution in [1.29, 1.82) is 0 Å². The maximum atomic E-state index is 11.7. The number of carbonyl (C=O) groups excluding carboxylic acids is 1. The van der Waals surface area contributed by atoms with E-state index in [2.05, 4.69) is 22.4 Å². The van der Waals surface area contributed by atoms with Crippen LogP contribution in [0.15, 0.2) is 54.7 Å². The number of rotatable bonds is 4. The zero-order valence-corrected chi connectivity index (χ0v) is 11.7. The molecule has 0 saturated heterocycles. The van der Waals surface area contributed by atoms with Crippen LogP contribution in [0.1, 0.15) is 15.9 Å². The number of methoxy groups -OCH3 is 1. The fraction of sp³-hybridized carbons (Fsp3) is 0.118. The lowest BCUT2D eigenvalue weighted by Crippen LogP contribution is -2.08. The van der Waals surface area contributed by atoms with Gasteiger partial charge in [-0.2, -0.15) is 0 Å². The second-order valence-corrected chi connectivity index (χ2v) is 4.75. The lowest BCUT2D eigenvalue weighted by Gasteiger charge is -2.11. The van der Waals surface area contributed by atoms with Crippen LogP contribution in [0.3, 0.4) is 0 Å². The molecule has 4 heteroatoms. The van der Waals surface area contributed by atoms with E-state index in [0.717, 1.165) is 16.8 Å². The monoisotopic (exact) mass is 280 g/mol. The van der Waals surface area contributed by atoms with Gasteiger partial charge >= 0.3 is 5.97 Å². The molecular formula is C17H16N2O2. The molecule has 1 heterocycles. The van der Waals surface area contributed by atoms with Crippen LogP contribution in [0, 0.1) is 0 Å². The number of hydrogen-bond donors (Lipinski definition) is 2. The van der Waals surface area contributed by atoms with Gasteiger partial charge in [0.15, 0.2) is 0 Å². The molecule has 1 aromatic heterocycles. The molecule has 0 amide bonds. The van der Waals surface area contributed by atoms with Gasteiger partial charge in [-0.3, -0.25) is 0 Å². The third kappa shape index (κ3) is 2.60. The van der Waals surface area contributed by atoms with Gasteiger partial charge in [0.1, 0.15) is 0 Å². The molecule has 3 rings (SSSR count). The number of ether oxygens (including phenoxy) is 1. The Bertz CT molecular complexity index is 777. The minimum Gasteiger partial charge on any atom is -0.465 e. The van der Waals surface area contributed by atoms with E-state index in [4.69, 9.17) is 4.74 Å². The molecule has 21 heavy (non-hydrogen) atoms. The molecule has 2 N–H and O–H groups in total. The number of hydrogen-bond acceptors (Lipinski definition) is 3. The smallest absolute Gasteiger partial charge is 0.339 e. The first-order valence-corrected chi connectivity index (χ1v) is 6.76. The highest BCUT2D eigenvalue weighted by molar-refractivity contribution is 5.95. The second-order valence-electron chi connectivity index (χ2n) is 4.75. The lowest BCUT2D eigenvalue weighted by atomic mass is 10.1. The average molecular weight is 280 g/mol. The van der Waals surface area contributed by atoms with Crippen LogP contribution in [0.2, 0.25) is 0 Å². The Balaban J connectivity index is 1.85. The van der Waals surface area contributed by atoms with Gasteiger partial charge in [0.25, 0.3) is 0 Å². The third-order valence-corrected chi connectivity index (χ3v) is 3.48. The number of anilines is 1. The van der Waals surface area contributed by atoms with Crippen LogP contribution in [-0.2, 0) is 11.3 Å². The first-order chi connectivity index (χ1) is 10.3. The van der Waals surface area contributed by atoms with E-state index in [1.807, 2.05) is 36.5 Å². The zero-order chi connectivity index (χ0) is 14.7. The van der Waals surface area contributed by atoms with Crippen molar-refractivity contribution < 1.29 is 9.53 Å². The Morgan fingerprint density at radius 3 is 2.86 bits per heavy atom. The number of fused-ring (bicyclic) bond motifs is 1. The summed E-state index contributed by atoms with van der Waals surface area (Å²) < 4.78 is 4.80. The number of aromatic amines is 1. The van der Waals surface area contributed by atoms with E-state index in [1.165, 1.54) is 12.5 Å². The summed E-state index contributed by atoms with van der Waals surface area (Å²) in [6.07, 6.45) is 1.93. The van der Waals surface area contributed by atoms with E-state index >= 15 is 0 Å². The summed E-state index contributed by atoms with van der Waals surface area (Å²) in [7, 11) is 1.39. The average Bonchev–Trinajstić information content (AvgIpc) is 3.01. The topological polar surface area (TPSA) is 54.1 Å². The summed E-state index contributed by atoms with van der Waals surface area (Å²) in [6.45, 7) is 0.631. The SMILES string of the molecule is COC(=O)c1ccccc1NCc1cccc2cc[nH]c12. The molecule has 0 unspecified atom stereocenters. The normalized spacial score (nSPS) is 10.5. The van der Waals surface area contributed by atoms with Crippen LogP contribution < -0.4 is 5.32 Å². The molecule has 0 radical (unpaired) electrons. The van der Waals surface area contributed by atoms with Gasteiger partial charge in [-0.05, 0) is 29.1 Å². The Labute approximate surface area is 122 Å². The van der Waals surface area contributed by atoms with Gasteiger partial charge in [-0.15, -0.1) is 0 Å². The van der Waals surface area contributed by atoms with E-state index in [0.29, 0.717) is 12.1 Å². The molecule has 3 aromatic rings. The largest absolute Gasteiger partial charge is 0.465 e. The molecular weight excluding hydrogens is 264 g/mol. The van der Waals surface area contributed by atoms with Gasteiger partial charge in [0, 0.05) is 18.4 Å². The minimum atomic E-state index is -0.337. The highest BCUT2D eigenvalue weighted by Crippen LogP contribution is 2.20. The van der Waals surface area contributed by atoms with Gasteiger partial charge in [-0.1, -0.05) is 30.3 Å². The van der Waals surface area contributed by atoms with Gasteiger partial charge in [0.2, 0.25) is 0 Å². The van der Waals surface area contributed by atoms with Crippen molar-refractivity contribution in [1.82, 2.24) is 4.98 Å². The number of esters is 1. The number of aromatic nitrogens is 1. The minimum absolute atomic E-state index is 0.337. The van der Waals surface area contributed by atoms with E-state index < -0.39 is 0 Å². The summed E-state index contributed by atoms with van der Waals surface area (Å²) in [5, 5.41) is 4.48. The number of H-pyrrole nitrogens is 1. The lowest BCUT2D eigenvalue weighted by molar-refractivity contribution is 0.0602. The molecule has 0 saturated carbocycles. The van der Waals surface area contributed by atoms with Gasteiger partial charge < -0.3 is 15.0 Å². The van der Waals surface area contributed by atoms with Crippen molar-refractivity contribution >= 4 is 22.6 Å². The molecule has 0 aliphatic carbocycles. The molecule has 4 nitrogen and oxygen atoms in total. The number of nitrogens with one attached hydrogen (secondary N) is 2. The Hall–Kier alpha value is -2.75. The molecule has 106 valence electrons. The van der Waals surface area contributed by atoms with Crippen LogP contribution in [0.4, 0.5) is 5.69 Å². The van der Waals surface area contributed by atoms with Gasteiger partial charge in [0.05, 0.1) is 18.2 Å². The summed E-state index contributed by atoms with van der Waals surface area (Å²) in [5.41, 5.74) is 3.57. The fourth-order valence-corrected chi connectivity index (χ4v) is 2.41.